The zero-order valence-corrected chi connectivity index (χ0v) is 8.88. The van der Waals surface area contributed by atoms with E-state index >= 15 is 0 Å². The van der Waals surface area contributed by atoms with Gasteiger partial charge in [-0.05, 0) is 32.1 Å². The number of rotatable bonds is 4. The maximum Gasteiger partial charge on any atom is 0.0558 e. The topological polar surface area (TPSA) is 16.1 Å². The molecule has 0 amide bonds. The largest absolute Gasteiger partial charge is 0.301 e. The average Bonchev–Trinajstić information content (AvgIpc) is 2.04. The van der Waals surface area contributed by atoms with Crippen LogP contribution in [-0.2, 0) is 6.54 Å². The summed E-state index contributed by atoms with van der Waals surface area (Å²) in [6, 6.07) is 3.71. The molecule has 3 heteroatoms. The highest BCUT2D eigenvalue weighted by Gasteiger charge is 2.00. The van der Waals surface area contributed by atoms with Gasteiger partial charge in [-0.1, -0.05) is 18.5 Å². The molecule has 1 aromatic rings. The molecule has 1 aromatic heterocycles. The molecule has 2 nitrogen and oxygen atoms in total. The summed E-state index contributed by atoms with van der Waals surface area (Å²) in [5.41, 5.74) is 1.03. The molecule has 0 unspecified atom stereocenters. The highest BCUT2D eigenvalue weighted by Crippen LogP contribution is 2.09. The zero-order valence-electron chi connectivity index (χ0n) is 8.13. The van der Waals surface area contributed by atoms with Gasteiger partial charge < -0.3 is 4.90 Å². The van der Waals surface area contributed by atoms with Gasteiger partial charge >= 0.3 is 0 Å². The summed E-state index contributed by atoms with van der Waals surface area (Å²) in [6.45, 7) is 4.13. The molecule has 13 heavy (non-hydrogen) atoms. The Kier molecular flexibility index (Phi) is 4.19. The van der Waals surface area contributed by atoms with Gasteiger partial charge in [0.15, 0.2) is 0 Å². The van der Waals surface area contributed by atoms with E-state index in [0.717, 1.165) is 30.2 Å². The normalized spacial score (nSPS) is 10.8. The maximum atomic E-state index is 5.85. The van der Waals surface area contributed by atoms with Crippen molar-refractivity contribution in [2.75, 3.05) is 13.6 Å². The molecular weight excluding hydrogens is 184 g/mol. The Labute approximate surface area is 84.5 Å². The molecule has 0 aliphatic carbocycles. The van der Waals surface area contributed by atoms with Gasteiger partial charge in [0.25, 0.3) is 0 Å². The van der Waals surface area contributed by atoms with Crippen molar-refractivity contribution in [1.82, 2.24) is 9.88 Å². The van der Waals surface area contributed by atoms with Crippen molar-refractivity contribution in [3.63, 3.8) is 0 Å². The van der Waals surface area contributed by atoms with Crippen molar-refractivity contribution in [3.05, 3.63) is 29.0 Å². The number of nitrogens with zero attached hydrogens (tertiary/aromatic N) is 2. The molecule has 72 valence electrons. The lowest BCUT2D eigenvalue weighted by molar-refractivity contribution is 0.323. The summed E-state index contributed by atoms with van der Waals surface area (Å²) in [5, 5.41) is 0.759. The Morgan fingerprint density at radius 2 is 2.31 bits per heavy atom. The fraction of sp³-hybridized carbons (Fsp3) is 0.500. The van der Waals surface area contributed by atoms with Crippen molar-refractivity contribution in [2.24, 2.45) is 0 Å². The maximum absolute atomic E-state index is 5.85. The standard InChI is InChI=1S/C10H15ClN2/c1-3-6-13(2)8-10-7-9(11)4-5-12-10/h4-5,7H,3,6,8H2,1-2H3. The van der Waals surface area contributed by atoms with Crippen LogP contribution in [-0.4, -0.2) is 23.5 Å². The smallest absolute Gasteiger partial charge is 0.0558 e. The molecule has 0 aliphatic rings. The Balaban J connectivity index is 2.53. The van der Waals surface area contributed by atoms with Crippen LogP contribution in [0.3, 0.4) is 0 Å². The van der Waals surface area contributed by atoms with Gasteiger partial charge in [-0.15, -0.1) is 0 Å². The predicted molar refractivity (Wildman–Crippen MR) is 55.9 cm³/mol. The third-order valence-electron chi connectivity index (χ3n) is 1.82. The first-order valence-corrected chi connectivity index (χ1v) is 4.89. The van der Waals surface area contributed by atoms with E-state index in [1.807, 2.05) is 6.07 Å². The summed E-state index contributed by atoms with van der Waals surface area (Å²) < 4.78 is 0. The molecule has 0 saturated carbocycles. The first-order valence-electron chi connectivity index (χ1n) is 4.51. The minimum atomic E-state index is 0.759. The Bertz CT molecular complexity index is 263. The number of pyridine rings is 1. The minimum absolute atomic E-state index is 0.759. The summed E-state index contributed by atoms with van der Waals surface area (Å²) in [4.78, 5) is 6.47. The van der Waals surface area contributed by atoms with Gasteiger partial charge in [0, 0.05) is 17.8 Å². The first-order chi connectivity index (χ1) is 6.22. The van der Waals surface area contributed by atoms with Crippen molar-refractivity contribution in [1.29, 1.82) is 0 Å². The molecule has 0 spiro atoms. The second-order valence-electron chi connectivity index (χ2n) is 3.20. The summed E-state index contributed by atoms with van der Waals surface area (Å²) in [5.74, 6) is 0. The molecule has 1 heterocycles. The predicted octanol–water partition coefficient (Wildman–Crippen LogP) is 2.58. The number of hydrogen-bond donors (Lipinski definition) is 0. The van der Waals surface area contributed by atoms with E-state index in [-0.39, 0.29) is 0 Å². The molecule has 0 N–H and O–H groups in total. The van der Waals surface area contributed by atoms with Crippen LogP contribution < -0.4 is 0 Å². The lowest BCUT2D eigenvalue weighted by atomic mass is 10.3. The second kappa shape index (κ2) is 5.20. The quantitative estimate of drug-likeness (QED) is 0.740. The van der Waals surface area contributed by atoms with Gasteiger partial charge in [0.05, 0.1) is 5.69 Å². The average molecular weight is 199 g/mol. The van der Waals surface area contributed by atoms with E-state index in [1.54, 1.807) is 12.3 Å². The van der Waals surface area contributed by atoms with Gasteiger partial charge in [0.1, 0.15) is 0 Å². The molecule has 0 radical (unpaired) electrons. The van der Waals surface area contributed by atoms with Gasteiger partial charge in [-0.3, -0.25) is 4.98 Å². The van der Waals surface area contributed by atoms with Crippen LogP contribution in [0.2, 0.25) is 5.02 Å². The lowest BCUT2D eigenvalue weighted by Gasteiger charge is -2.14. The van der Waals surface area contributed by atoms with E-state index in [2.05, 4.69) is 23.9 Å². The monoisotopic (exact) mass is 198 g/mol. The molecule has 1 rings (SSSR count). The summed E-state index contributed by atoms with van der Waals surface area (Å²) >= 11 is 5.85. The minimum Gasteiger partial charge on any atom is -0.301 e. The van der Waals surface area contributed by atoms with Gasteiger partial charge in [-0.25, -0.2) is 0 Å². The van der Waals surface area contributed by atoms with Crippen LogP contribution in [0, 0.1) is 0 Å². The van der Waals surface area contributed by atoms with Crippen molar-refractivity contribution >= 4 is 11.6 Å². The zero-order chi connectivity index (χ0) is 9.68. The number of aromatic nitrogens is 1. The lowest BCUT2D eigenvalue weighted by Crippen LogP contribution is -2.18. The fourth-order valence-corrected chi connectivity index (χ4v) is 1.45. The molecule has 0 saturated heterocycles. The molecule has 0 atom stereocenters. The second-order valence-corrected chi connectivity index (χ2v) is 3.64. The number of halogens is 1. The van der Waals surface area contributed by atoms with Gasteiger partial charge in [0.2, 0.25) is 0 Å². The van der Waals surface area contributed by atoms with E-state index < -0.39 is 0 Å². The van der Waals surface area contributed by atoms with Crippen LogP contribution in [0.5, 0.6) is 0 Å². The van der Waals surface area contributed by atoms with Crippen LogP contribution in [0.25, 0.3) is 0 Å². The third kappa shape index (κ3) is 3.75. The van der Waals surface area contributed by atoms with Crippen LogP contribution in [0.1, 0.15) is 19.0 Å². The third-order valence-corrected chi connectivity index (χ3v) is 2.05. The van der Waals surface area contributed by atoms with E-state index in [1.165, 1.54) is 0 Å². The first kappa shape index (κ1) is 10.5. The number of hydrogen-bond acceptors (Lipinski definition) is 2. The highest BCUT2D eigenvalue weighted by atomic mass is 35.5. The van der Waals surface area contributed by atoms with E-state index in [0.29, 0.717) is 0 Å². The van der Waals surface area contributed by atoms with Crippen LogP contribution in [0.15, 0.2) is 18.3 Å². The summed E-state index contributed by atoms with van der Waals surface area (Å²) in [6.07, 6.45) is 2.91. The van der Waals surface area contributed by atoms with Crippen molar-refractivity contribution in [3.8, 4) is 0 Å². The fourth-order valence-electron chi connectivity index (χ4n) is 1.27. The van der Waals surface area contributed by atoms with Crippen LogP contribution >= 0.6 is 11.6 Å². The van der Waals surface area contributed by atoms with Crippen molar-refractivity contribution in [2.45, 2.75) is 19.9 Å². The Morgan fingerprint density at radius 1 is 1.54 bits per heavy atom. The van der Waals surface area contributed by atoms with Crippen LogP contribution in [0.4, 0.5) is 0 Å². The van der Waals surface area contributed by atoms with Gasteiger partial charge in [-0.2, -0.15) is 0 Å². The van der Waals surface area contributed by atoms with Crippen molar-refractivity contribution < 1.29 is 0 Å². The van der Waals surface area contributed by atoms with E-state index in [9.17, 15) is 0 Å². The SMILES string of the molecule is CCCN(C)Cc1cc(Cl)ccn1. The molecular formula is C10H15ClN2. The summed E-state index contributed by atoms with van der Waals surface area (Å²) in [7, 11) is 2.09. The molecule has 0 aromatic carbocycles. The molecule has 0 aliphatic heterocycles. The Morgan fingerprint density at radius 3 is 2.92 bits per heavy atom. The highest BCUT2D eigenvalue weighted by molar-refractivity contribution is 6.30. The van der Waals surface area contributed by atoms with E-state index in [4.69, 9.17) is 11.6 Å². The molecule has 0 fully saturated rings. The Hall–Kier alpha value is -0.600. The molecule has 0 bridgehead atoms.